The Balaban J connectivity index is 1.79. The van der Waals surface area contributed by atoms with Gasteiger partial charge >= 0.3 is 0 Å². The van der Waals surface area contributed by atoms with Gasteiger partial charge in [0.2, 0.25) is 0 Å². The van der Waals surface area contributed by atoms with E-state index in [2.05, 4.69) is 10.2 Å². The summed E-state index contributed by atoms with van der Waals surface area (Å²) in [7, 11) is 3.19. The lowest BCUT2D eigenvalue weighted by molar-refractivity contribution is 0.104. The van der Waals surface area contributed by atoms with Crippen LogP contribution in [0, 0.1) is 0 Å². The lowest BCUT2D eigenvalue weighted by atomic mass is 10.1. The molecule has 0 aliphatic heterocycles. The second kappa shape index (κ2) is 7.57. The molecular weight excluding hydrogens is 330 g/mol. The fourth-order valence-corrected chi connectivity index (χ4v) is 2.43. The van der Waals surface area contributed by atoms with E-state index in [4.69, 9.17) is 15.2 Å². The molecule has 0 bridgehead atoms. The molecule has 0 amide bonds. The van der Waals surface area contributed by atoms with Crippen LogP contribution < -0.4 is 15.2 Å². The minimum atomic E-state index is -0.107. The number of ketones is 1. The standard InChI is InChI=1S/C20H19N3O3/c1-25-17-9-14(10-18(12-17)26-2)19-11-16(22-23-19)7-8-20(24)13-3-5-15(21)6-4-13/h3-12H,21H2,1-2H3,(H,22,23). The number of rotatable bonds is 6. The van der Waals surface area contributed by atoms with Crippen molar-refractivity contribution < 1.29 is 14.3 Å². The van der Waals surface area contributed by atoms with Crippen molar-refractivity contribution >= 4 is 17.5 Å². The highest BCUT2D eigenvalue weighted by atomic mass is 16.5. The Morgan fingerprint density at radius 1 is 1.04 bits per heavy atom. The summed E-state index contributed by atoms with van der Waals surface area (Å²) in [6, 6.07) is 14.2. The molecule has 0 unspecified atom stereocenters. The molecule has 0 aliphatic rings. The molecule has 26 heavy (non-hydrogen) atoms. The number of carbonyl (C=O) groups is 1. The first kappa shape index (κ1) is 17.3. The van der Waals surface area contributed by atoms with Crippen molar-refractivity contribution in [3.63, 3.8) is 0 Å². The number of aromatic nitrogens is 2. The van der Waals surface area contributed by atoms with E-state index in [1.807, 2.05) is 18.2 Å². The maximum absolute atomic E-state index is 12.2. The Labute approximate surface area is 151 Å². The molecule has 0 saturated carbocycles. The molecule has 0 radical (unpaired) electrons. The Bertz CT molecular complexity index is 921. The van der Waals surface area contributed by atoms with Crippen LogP contribution in [0.2, 0.25) is 0 Å². The number of methoxy groups -OCH3 is 2. The minimum absolute atomic E-state index is 0.107. The van der Waals surface area contributed by atoms with E-state index in [0.717, 1.165) is 11.3 Å². The smallest absolute Gasteiger partial charge is 0.185 e. The van der Waals surface area contributed by atoms with Crippen molar-refractivity contribution in [2.45, 2.75) is 0 Å². The molecule has 2 aromatic carbocycles. The van der Waals surface area contributed by atoms with E-state index in [1.165, 1.54) is 6.08 Å². The lowest BCUT2D eigenvalue weighted by Gasteiger charge is -2.06. The van der Waals surface area contributed by atoms with E-state index < -0.39 is 0 Å². The fourth-order valence-electron chi connectivity index (χ4n) is 2.43. The molecule has 0 saturated heterocycles. The summed E-state index contributed by atoms with van der Waals surface area (Å²) in [5.74, 6) is 1.25. The topological polar surface area (TPSA) is 90.2 Å². The van der Waals surface area contributed by atoms with Gasteiger partial charge in [0, 0.05) is 22.9 Å². The van der Waals surface area contributed by atoms with Gasteiger partial charge in [0.1, 0.15) is 11.5 Å². The summed E-state index contributed by atoms with van der Waals surface area (Å²) in [5.41, 5.74) is 9.12. The van der Waals surface area contributed by atoms with E-state index in [-0.39, 0.29) is 5.78 Å². The molecule has 3 N–H and O–H groups in total. The number of nitrogens with one attached hydrogen (secondary N) is 1. The van der Waals surface area contributed by atoms with Crippen LogP contribution in [0.5, 0.6) is 11.5 Å². The third-order valence-corrected chi connectivity index (χ3v) is 3.85. The number of nitrogens with two attached hydrogens (primary N) is 1. The largest absolute Gasteiger partial charge is 0.497 e. The van der Waals surface area contributed by atoms with Crippen LogP contribution in [-0.4, -0.2) is 30.2 Å². The predicted molar refractivity (Wildman–Crippen MR) is 101 cm³/mol. The van der Waals surface area contributed by atoms with Crippen LogP contribution in [0.1, 0.15) is 16.1 Å². The Kier molecular flexibility index (Phi) is 5.03. The van der Waals surface area contributed by atoms with Crippen molar-refractivity contribution in [2.24, 2.45) is 0 Å². The van der Waals surface area contributed by atoms with Crippen molar-refractivity contribution in [3.8, 4) is 22.8 Å². The number of H-pyrrole nitrogens is 1. The number of benzene rings is 2. The van der Waals surface area contributed by atoms with Gasteiger partial charge in [-0.25, -0.2) is 0 Å². The summed E-state index contributed by atoms with van der Waals surface area (Å²) < 4.78 is 10.6. The normalized spacial score (nSPS) is 10.8. The zero-order valence-electron chi connectivity index (χ0n) is 14.5. The van der Waals surface area contributed by atoms with E-state index in [9.17, 15) is 4.79 Å². The van der Waals surface area contributed by atoms with Gasteiger partial charge in [-0.05, 0) is 54.6 Å². The molecule has 1 aromatic heterocycles. The van der Waals surface area contributed by atoms with Gasteiger partial charge in [-0.2, -0.15) is 5.10 Å². The lowest BCUT2D eigenvalue weighted by Crippen LogP contribution is -1.94. The average Bonchev–Trinajstić information content (AvgIpc) is 3.15. The van der Waals surface area contributed by atoms with Crippen LogP contribution in [0.15, 0.2) is 54.6 Å². The quantitative estimate of drug-likeness (QED) is 0.403. The summed E-state index contributed by atoms with van der Waals surface area (Å²) in [4.78, 5) is 12.2. The van der Waals surface area contributed by atoms with Gasteiger partial charge in [-0.15, -0.1) is 0 Å². The van der Waals surface area contributed by atoms with Crippen LogP contribution >= 0.6 is 0 Å². The third-order valence-electron chi connectivity index (χ3n) is 3.85. The second-order valence-electron chi connectivity index (χ2n) is 5.63. The molecule has 1 heterocycles. The van der Waals surface area contributed by atoms with E-state index >= 15 is 0 Å². The third kappa shape index (κ3) is 3.92. The van der Waals surface area contributed by atoms with Crippen molar-refractivity contribution in [1.29, 1.82) is 0 Å². The Morgan fingerprint density at radius 2 is 1.69 bits per heavy atom. The van der Waals surface area contributed by atoms with Gasteiger partial charge in [-0.1, -0.05) is 0 Å². The van der Waals surface area contributed by atoms with Crippen LogP contribution in [0.25, 0.3) is 17.3 Å². The first-order valence-corrected chi connectivity index (χ1v) is 7.96. The fraction of sp³-hybridized carbons (Fsp3) is 0.100. The highest BCUT2D eigenvalue weighted by Gasteiger charge is 2.08. The zero-order valence-corrected chi connectivity index (χ0v) is 14.5. The monoisotopic (exact) mass is 349 g/mol. The number of ether oxygens (including phenoxy) is 2. The summed E-state index contributed by atoms with van der Waals surface area (Å²) in [6.07, 6.45) is 3.18. The molecule has 0 spiro atoms. The van der Waals surface area contributed by atoms with Gasteiger partial charge < -0.3 is 15.2 Å². The Hall–Kier alpha value is -3.54. The molecule has 0 atom stereocenters. The molecule has 3 rings (SSSR count). The number of hydrogen-bond donors (Lipinski definition) is 2. The molecule has 6 heteroatoms. The van der Waals surface area contributed by atoms with Gasteiger partial charge in [0.05, 0.1) is 25.6 Å². The minimum Gasteiger partial charge on any atom is -0.497 e. The first-order valence-electron chi connectivity index (χ1n) is 7.96. The molecule has 3 aromatic rings. The van der Waals surface area contributed by atoms with Crippen LogP contribution in [0.3, 0.4) is 0 Å². The van der Waals surface area contributed by atoms with Gasteiger partial charge in [-0.3, -0.25) is 9.89 Å². The highest BCUT2D eigenvalue weighted by Crippen LogP contribution is 2.29. The molecule has 0 fully saturated rings. The molecule has 6 nitrogen and oxygen atoms in total. The predicted octanol–water partition coefficient (Wildman–Crippen LogP) is 3.57. The number of nitrogen functional groups attached to an aromatic ring is 1. The number of carbonyl (C=O) groups excluding carboxylic acids is 1. The maximum atomic E-state index is 12.2. The molecular formula is C20H19N3O3. The SMILES string of the molecule is COc1cc(OC)cc(-c2cc(C=CC(=O)c3ccc(N)cc3)[nH]n2)c1. The highest BCUT2D eigenvalue weighted by molar-refractivity contribution is 6.06. The molecule has 132 valence electrons. The van der Waals surface area contributed by atoms with E-state index in [1.54, 1.807) is 50.6 Å². The number of aromatic amines is 1. The number of allylic oxidation sites excluding steroid dienone is 1. The number of hydrogen-bond acceptors (Lipinski definition) is 5. The van der Waals surface area contributed by atoms with Gasteiger partial charge in [0.25, 0.3) is 0 Å². The van der Waals surface area contributed by atoms with Gasteiger partial charge in [0.15, 0.2) is 5.78 Å². The second-order valence-corrected chi connectivity index (χ2v) is 5.63. The van der Waals surface area contributed by atoms with Crippen molar-refractivity contribution in [1.82, 2.24) is 10.2 Å². The van der Waals surface area contributed by atoms with Crippen LogP contribution in [0.4, 0.5) is 5.69 Å². The van der Waals surface area contributed by atoms with Crippen molar-refractivity contribution in [3.05, 3.63) is 65.9 Å². The zero-order chi connectivity index (χ0) is 18.5. The first-order chi connectivity index (χ1) is 12.6. The average molecular weight is 349 g/mol. The van der Waals surface area contributed by atoms with Crippen molar-refractivity contribution in [2.75, 3.05) is 20.0 Å². The Morgan fingerprint density at radius 3 is 2.31 bits per heavy atom. The van der Waals surface area contributed by atoms with Crippen LogP contribution in [-0.2, 0) is 0 Å². The van der Waals surface area contributed by atoms with E-state index in [0.29, 0.717) is 28.4 Å². The summed E-state index contributed by atoms with van der Waals surface area (Å²) in [6.45, 7) is 0. The molecule has 0 aliphatic carbocycles. The number of anilines is 1. The summed E-state index contributed by atoms with van der Waals surface area (Å²) in [5, 5.41) is 7.19. The maximum Gasteiger partial charge on any atom is 0.185 e. The summed E-state index contributed by atoms with van der Waals surface area (Å²) >= 11 is 0. The number of nitrogens with zero attached hydrogens (tertiary/aromatic N) is 1.